The van der Waals surface area contributed by atoms with Crippen LogP contribution in [0.1, 0.15) is 40.5 Å². The molecular formula is C9H21O3P. The first-order valence-electron chi connectivity index (χ1n) is 4.53. The minimum Gasteiger partial charge on any atom is -0.326 e. The Kier molecular flexibility index (Phi) is 14.1. The van der Waals surface area contributed by atoms with Crippen molar-refractivity contribution in [3.63, 3.8) is 0 Å². The topological polar surface area (TPSA) is 46.5 Å². The summed E-state index contributed by atoms with van der Waals surface area (Å²) < 4.78 is 14.3. The lowest BCUT2D eigenvalue weighted by Crippen LogP contribution is -1.79. The molecule has 0 radical (unpaired) electrons. The van der Waals surface area contributed by atoms with Gasteiger partial charge in [-0.15, -0.1) is 0 Å². The molecule has 0 fully saturated rings. The van der Waals surface area contributed by atoms with Gasteiger partial charge in [0.05, 0.1) is 6.61 Å². The van der Waals surface area contributed by atoms with Crippen molar-refractivity contribution in [1.82, 2.24) is 0 Å². The minimum atomic E-state index is -2.72. The maximum absolute atomic E-state index is 9.91. The number of unbranched alkanes of at least 4 members (excludes halogenated alkanes) is 1. The lowest BCUT2D eigenvalue weighted by molar-refractivity contribution is 0.312. The fourth-order valence-electron chi connectivity index (χ4n) is 0.280. The largest absolute Gasteiger partial charge is 0.326 e. The quantitative estimate of drug-likeness (QED) is 0.570. The lowest BCUT2D eigenvalue weighted by atomic mass is 10.3. The molecule has 0 saturated carbocycles. The van der Waals surface area contributed by atoms with Crippen LogP contribution in [-0.4, -0.2) is 11.5 Å². The van der Waals surface area contributed by atoms with Gasteiger partial charge in [-0.1, -0.05) is 38.3 Å². The molecule has 0 bridgehead atoms. The molecule has 0 aromatic carbocycles. The van der Waals surface area contributed by atoms with Gasteiger partial charge in [-0.3, -0.25) is 4.57 Å². The van der Waals surface area contributed by atoms with Gasteiger partial charge in [0.25, 0.3) is 0 Å². The van der Waals surface area contributed by atoms with Crippen LogP contribution >= 0.6 is 8.25 Å². The van der Waals surface area contributed by atoms with E-state index in [9.17, 15) is 4.57 Å². The first-order chi connectivity index (χ1) is 6.04. The molecule has 1 unspecified atom stereocenters. The van der Waals surface area contributed by atoms with Crippen LogP contribution in [0.3, 0.4) is 0 Å². The maximum atomic E-state index is 9.91. The Hall–Kier alpha value is -0.110. The molecule has 0 aliphatic heterocycles. The predicted octanol–water partition coefficient (Wildman–Crippen LogP) is 3.16. The molecule has 0 aromatic heterocycles. The summed E-state index contributed by atoms with van der Waals surface area (Å²) in [6, 6.07) is 0. The normalized spacial score (nSPS) is 11.2. The van der Waals surface area contributed by atoms with Gasteiger partial charge in [0.15, 0.2) is 0 Å². The molecule has 0 aliphatic rings. The van der Waals surface area contributed by atoms with Crippen LogP contribution in [0.15, 0.2) is 11.6 Å². The van der Waals surface area contributed by atoms with Crippen LogP contribution in [0.5, 0.6) is 0 Å². The second-order valence-electron chi connectivity index (χ2n) is 2.86. The predicted molar refractivity (Wildman–Crippen MR) is 57.2 cm³/mol. The summed E-state index contributed by atoms with van der Waals surface area (Å²) in [5.74, 6) is 0. The molecule has 0 aliphatic carbocycles. The second kappa shape index (κ2) is 11.9. The zero-order valence-electron chi connectivity index (χ0n) is 8.96. The SMILES string of the molecule is CC(C)=CCO[PH](=O)O.CCCC. The summed E-state index contributed by atoms with van der Waals surface area (Å²) in [6.45, 7) is 8.40. The van der Waals surface area contributed by atoms with Gasteiger partial charge >= 0.3 is 8.25 Å². The second-order valence-corrected chi connectivity index (χ2v) is 3.68. The molecule has 0 saturated heterocycles. The monoisotopic (exact) mass is 208 g/mol. The standard InChI is InChI=1S/C5H11O3P.C4H10/c1-5(2)3-4-8-9(6)7;1-3-4-2/h3,9H,4H2,1-2H3,(H,6,7);3-4H2,1-2H3. The van der Waals surface area contributed by atoms with E-state index in [1.807, 2.05) is 13.8 Å². The summed E-state index contributed by atoms with van der Waals surface area (Å²) in [6.07, 6.45) is 4.39. The summed E-state index contributed by atoms with van der Waals surface area (Å²) in [4.78, 5) is 8.16. The zero-order valence-corrected chi connectivity index (χ0v) is 9.96. The Labute approximate surface area is 81.8 Å². The van der Waals surface area contributed by atoms with Crippen molar-refractivity contribution >= 4 is 8.25 Å². The minimum absolute atomic E-state index is 0.233. The van der Waals surface area contributed by atoms with Crippen molar-refractivity contribution in [3.05, 3.63) is 11.6 Å². The molecule has 80 valence electrons. The highest BCUT2D eigenvalue weighted by atomic mass is 31.1. The van der Waals surface area contributed by atoms with Gasteiger partial charge in [0, 0.05) is 0 Å². The molecule has 0 amide bonds. The molecule has 0 aromatic rings. The van der Waals surface area contributed by atoms with Crippen LogP contribution in [-0.2, 0) is 9.09 Å². The van der Waals surface area contributed by atoms with Gasteiger partial charge in [-0.05, 0) is 13.8 Å². The van der Waals surface area contributed by atoms with E-state index < -0.39 is 8.25 Å². The number of allylic oxidation sites excluding steroid dienone is 1. The molecule has 1 atom stereocenters. The number of rotatable bonds is 4. The molecule has 0 rings (SSSR count). The Balaban J connectivity index is 0. The van der Waals surface area contributed by atoms with Crippen molar-refractivity contribution in [2.75, 3.05) is 6.61 Å². The average molecular weight is 208 g/mol. The van der Waals surface area contributed by atoms with Gasteiger partial charge in [-0.2, -0.15) is 0 Å². The third-order valence-electron chi connectivity index (χ3n) is 1.20. The first kappa shape index (κ1) is 15.4. The highest BCUT2D eigenvalue weighted by molar-refractivity contribution is 7.32. The van der Waals surface area contributed by atoms with Crippen molar-refractivity contribution in [1.29, 1.82) is 0 Å². The fourth-order valence-corrected chi connectivity index (χ4v) is 0.506. The van der Waals surface area contributed by atoms with Crippen molar-refractivity contribution in [2.45, 2.75) is 40.5 Å². The van der Waals surface area contributed by atoms with Gasteiger partial charge in [0.1, 0.15) is 0 Å². The van der Waals surface area contributed by atoms with E-state index in [1.54, 1.807) is 6.08 Å². The summed E-state index contributed by atoms with van der Waals surface area (Å²) in [5.41, 5.74) is 1.08. The van der Waals surface area contributed by atoms with Gasteiger partial charge in [-0.25, -0.2) is 0 Å². The van der Waals surface area contributed by atoms with Gasteiger partial charge in [0.2, 0.25) is 0 Å². The molecule has 3 nitrogen and oxygen atoms in total. The maximum Gasteiger partial charge on any atom is 0.316 e. The third-order valence-corrected chi connectivity index (χ3v) is 1.61. The molecule has 4 heteroatoms. The molecule has 1 N–H and O–H groups in total. The van der Waals surface area contributed by atoms with E-state index in [1.165, 1.54) is 12.8 Å². The van der Waals surface area contributed by atoms with Crippen molar-refractivity contribution < 1.29 is 14.0 Å². The van der Waals surface area contributed by atoms with Crippen LogP contribution < -0.4 is 0 Å². The third kappa shape index (κ3) is 24.5. The summed E-state index contributed by atoms with van der Waals surface area (Å²) in [7, 11) is -2.72. The molecular weight excluding hydrogens is 187 g/mol. The zero-order chi connectivity index (χ0) is 10.7. The van der Waals surface area contributed by atoms with Crippen LogP contribution in [0.2, 0.25) is 0 Å². The Morgan fingerprint density at radius 3 is 2.08 bits per heavy atom. The molecule has 0 spiro atoms. The van der Waals surface area contributed by atoms with E-state index in [-0.39, 0.29) is 6.61 Å². The van der Waals surface area contributed by atoms with E-state index in [4.69, 9.17) is 4.89 Å². The van der Waals surface area contributed by atoms with E-state index >= 15 is 0 Å². The lowest BCUT2D eigenvalue weighted by Gasteiger charge is -1.92. The number of hydrogen-bond acceptors (Lipinski definition) is 2. The molecule has 0 heterocycles. The number of hydrogen-bond donors (Lipinski definition) is 1. The van der Waals surface area contributed by atoms with E-state index in [0.717, 1.165) is 5.57 Å². The van der Waals surface area contributed by atoms with Crippen molar-refractivity contribution in [2.24, 2.45) is 0 Å². The van der Waals surface area contributed by atoms with E-state index in [2.05, 4.69) is 18.4 Å². The Morgan fingerprint density at radius 1 is 1.38 bits per heavy atom. The van der Waals surface area contributed by atoms with E-state index in [0.29, 0.717) is 0 Å². The van der Waals surface area contributed by atoms with Crippen LogP contribution in [0.25, 0.3) is 0 Å². The van der Waals surface area contributed by atoms with Crippen molar-refractivity contribution in [3.8, 4) is 0 Å². The van der Waals surface area contributed by atoms with Crippen LogP contribution in [0.4, 0.5) is 0 Å². The Bertz CT molecular complexity index is 149. The average Bonchev–Trinajstić information content (AvgIpc) is 2.03. The first-order valence-corrected chi connectivity index (χ1v) is 5.80. The Morgan fingerprint density at radius 2 is 1.85 bits per heavy atom. The fraction of sp³-hybridized carbons (Fsp3) is 0.778. The molecule has 13 heavy (non-hydrogen) atoms. The summed E-state index contributed by atoms with van der Waals surface area (Å²) in [5, 5.41) is 0. The van der Waals surface area contributed by atoms with Crippen LogP contribution in [0, 0.1) is 0 Å². The highest BCUT2D eigenvalue weighted by Crippen LogP contribution is 2.13. The smallest absolute Gasteiger partial charge is 0.316 e. The van der Waals surface area contributed by atoms with Gasteiger partial charge < -0.3 is 9.42 Å². The summed E-state index contributed by atoms with van der Waals surface area (Å²) >= 11 is 0. The highest BCUT2D eigenvalue weighted by Gasteiger charge is 1.86.